The fourth-order valence-electron chi connectivity index (χ4n) is 3.21. The van der Waals surface area contributed by atoms with Gasteiger partial charge in [-0.2, -0.15) is 0 Å². The predicted molar refractivity (Wildman–Crippen MR) is 141 cm³/mol. The van der Waals surface area contributed by atoms with Crippen molar-refractivity contribution in [3.05, 3.63) is 66.7 Å². The number of nitrogens with zero attached hydrogens (tertiary/aromatic N) is 1. The summed E-state index contributed by atoms with van der Waals surface area (Å²) in [5.41, 5.74) is 1.78. The first-order valence-corrected chi connectivity index (χ1v) is 13.8. The van der Waals surface area contributed by atoms with Crippen molar-refractivity contribution in [1.29, 1.82) is 5.41 Å². The monoisotopic (exact) mass is 514 g/mol. The summed E-state index contributed by atoms with van der Waals surface area (Å²) in [7, 11) is -3.90. The van der Waals surface area contributed by atoms with E-state index in [1.54, 1.807) is 51.3 Å². The first-order chi connectivity index (χ1) is 16.0. The highest BCUT2D eigenvalue weighted by molar-refractivity contribution is 8.01. The van der Waals surface area contributed by atoms with Crippen LogP contribution >= 0.6 is 23.1 Å². The van der Waals surface area contributed by atoms with Crippen molar-refractivity contribution in [2.24, 2.45) is 0 Å². The van der Waals surface area contributed by atoms with Gasteiger partial charge in [0, 0.05) is 0 Å². The fourth-order valence-corrected chi connectivity index (χ4v) is 7.20. The molecule has 0 radical (unpaired) electrons. The maximum absolute atomic E-state index is 13.7. The Labute approximate surface area is 208 Å². The standard InChI is InChI=1S/C25H26N2O4S3/c1-6-17-10-7-8-13-20(17)18-11-9-12-19(14-18)34(29,30)21-15-22(33-23(21)32-5)27(16-26)24(28)31-25(2,3)4/h6-16,26H,1H2,2-5H3. The van der Waals surface area contributed by atoms with Crippen LogP contribution in [-0.4, -0.2) is 32.7 Å². The predicted octanol–water partition coefficient (Wildman–Crippen LogP) is 6.96. The van der Waals surface area contributed by atoms with Crippen LogP contribution in [0.4, 0.5) is 9.80 Å². The molecule has 34 heavy (non-hydrogen) atoms. The Balaban J connectivity index is 2.07. The SMILES string of the molecule is C=Cc1ccccc1-c1cccc(S(=O)(=O)c2cc(N(C=N)C(=O)OC(C)(C)C)sc2SC)c1. The van der Waals surface area contributed by atoms with E-state index in [1.165, 1.54) is 17.8 Å². The van der Waals surface area contributed by atoms with Gasteiger partial charge in [0.15, 0.2) is 0 Å². The van der Waals surface area contributed by atoms with Crippen molar-refractivity contribution in [2.45, 2.75) is 40.4 Å². The summed E-state index contributed by atoms with van der Waals surface area (Å²) < 4.78 is 33.2. The highest BCUT2D eigenvalue weighted by Gasteiger charge is 2.29. The third kappa shape index (κ3) is 5.43. The van der Waals surface area contributed by atoms with Gasteiger partial charge >= 0.3 is 6.09 Å². The molecule has 0 unspecified atom stereocenters. The maximum Gasteiger partial charge on any atom is 0.420 e. The molecule has 1 N–H and O–H groups in total. The van der Waals surface area contributed by atoms with Gasteiger partial charge in [-0.3, -0.25) is 5.41 Å². The van der Waals surface area contributed by atoms with E-state index in [0.29, 0.717) is 9.21 Å². The lowest BCUT2D eigenvalue weighted by Gasteiger charge is -2.23. The number of benzene rings is 2. The quantitative estimate of drug-likeness (QED) is 0.209. The minimum Gasteiger partial charge on any atom is -0.443 e. The molecular weight excluding hydrogens is 488 g/mol. The number of hydrogen-bond acceptors (Lipinski definition) is 7. The van der Waals surface area contributed by atoms with Crippen molar-refractivity contribution in [3.8, 4) is 11.1 Å². The van der Waals surface area contributed by atoms with Crippen molar-refractivity contribution in [2.75, 3.05) is 11.2 Å². The van der Waals surface area contributed by atoms with Gasteiger partial charge in [0.1, 0.15) is 10.6 Å². The van der Waals surface area contributed by atoms with E-state index in [2.05, 4.69) is 6.58 Å². The minimum atomic E-state index is -3.90. The molecule has 0 atom stereocenters. The maximum atomic E-state index is 13.7. The third-order valence-electron chi connectivity index (χ3n) is 4.72. The van der Waals surface area contributed by atoms with Crippen molar-refractivity contribution in [1.82, 2.24) is 0 Å². The number of hydrogen-bond donors (Lipinski definition) is 1. The second-order valence-electron chi connectivity index (χ2n) is 8.24. The molecule has 3 aromatic rings. The zero-order chi connectivity index (χ0) is 25.1. The van der Waals surface area contributed by atoms with Crippen LogP contribution in [0.5, 0.6) is 0 Å². The van der Waals surface area contributed by atoms with E-state index in [-0.39, 0.29) is 9.79 Å². The van der Waals surface area contributed by atoms with Crippen molar-refractivity contribution < 1.29 is 17.9 Å². The molecule has 0 bridgehead atoms. The molecule has 0 saturated carbocycles. The molecule has 9 heteroatoms. The number of amides is 1. The Morgan fingerprint density at radius 2 is 1.85 bits per heavy atom. The number of thioether (sulfide) groups is 1. The van der Waals surface area contributed by atoms with Crippen molar-refractivity contribution in [3.63, 3.8) is 0 Å². The molecule has 1 heterocycles. The summed E-state index contributed by atoms with van der Waals surface area (Å²) in [5.74, 6) is 0. The van der Waals surface area contributed by atoms with Crippen LogP contribution in [0.3, 0.4) is 0 Å². The van der Waals surface area contributed by atoms with E-state index in [4.69, 9.17) is 10.1 Å². The Bertz CT molecular complexity index is 1340. The molecule has 0 fully saturated rings. The highest BCUT2D eigenvalue weighted by Crippen LogP contribution is 2.41. The van der Waals surface area contributed by atoms with Crippen LogP contribution in [0.1, 0.15) is 26.3 Å². The van der Waals surface area contributed by atoms with Gasteiger partial charge in [-0.25, -0.2) is 18.1 Å². The smallest absolute Gasteiger partial charge is 0.420 e. The number of carbonyl (C=O) groups is 1. The number of ether oxygens (including phenoxy) is 1. The third-order valence-corrected chi connectivity index (χ3v) is 9.02. The first-order valence-electron chi connectivity index (χ1n) is 10.3. The van der Waals surface area contributed by atoms with Crippen LogP contribution < -0.4 is 4.90 Å². The van der Waals surface area contributed by atoms with Crippen LogP contribution in [0.15, 0.2) is 75.2 Å². The number of carbonyl (C=O) groups excluding carboxylic acids is 1. The minimum absolute atomic E-state index is 0.0876. The van der Waals surface area contributed by atoms with Gasteiger partial charge in [0.25, 0.3) is 0 Å². The van der Waals surface area contributed by atoms with Gasteiger partial charge in [0.2, 0.25) is 9.84 Å². The summed E-state index contributed by atoms with van der Waals surface area (Å²) in [6.07, 6.45) is 3.58. The molecule has 178 valence electrons. The summed E-state index contributed by atoms with van der Waals surface area (Å²) >= 11 is 2.39. The Morgan fingerprint density at radius 1 is 1.15 bits per heavy atom. The lowest BCUT2D eigenvalue weighted by atomic mass is 10.00. The first kappa shape index (κ1) is 25.7. The number of nitrogens with one attached hydrogen (secondary N) is 1. The van der Waals surface area contributed by atoms with Crippen LogP contribution in [0, 0.1) is 5.41 Å². The molecule has 0 saturated heterocycles. The molecule has 1 aromatic heterocycles. The average Bonchev–Trinajstić information content (AvgIpc) is 3.23. The molecule has 0 aliphatic rings. The highest BCUT2D eigenvalue weighted by atomic mass is 32.2. The molecule has 0 aliphatic carbocycles. The topological polar surface area (TPSA) is 87.5 Å². The van der Waals surface area contributed by atoms with E-state index < -0.39 is 21.5 Å². The zero-order valence-corrected chi connectivity index (χ0v) is 21.8. The fraction of sp³-hybridized carbons (Fsp3) is 0.200. The Morgan fingerprint density at radius 3 is 2.47 bits per heavy atom. The molecule has 1 amide bonds. The van der Waals surface area contributed by atoms with Gasteiger partial charge < -0.3 is 4.74 Å². The number of rotatable bonds is 7. The lowest BCUT2D eigenvalue weighted by molar-refractivity contribution is 0.0606. The van der Waals surface area contributed by atoms with Crippen LogP contribution in [-0.2, 0) is 14.6 Å². The van der Waals surface area contributed by atoms with Gasteiger partial charge in [-0.1, -0.05) is 49.1 Å². The van der Waals surface area contributed by atoms with Gasteiger partial charge in [-0.05, 0) is 61.9 Å². The number of sulfone groups is 1. The molecule has 6 nitrogen and oxygen atoms in total. The second-order valence-corrected chi connectivity index (χ2v) is 12.3. The van der Waals surface area contributed by atoms with E-state index in [9.17, 15) is 13.2 Å². The lowest BCUT2D eigenvalue weighted by Crippen LogP contribution is -2.35. The largest absolute Gasteiger partial charge is 0.443 e. The summed E-state index contributed by atoms with van der Waals surface area (Å²) in [6.45, 7) is 9.01. The van der Waals surface area contributed by atoms with Crippen LogP contribution in [0.25, 0.3) is 17.2 Å². The average molecular weight is 515 g/mol. The molecule has 0 aliphatic heterocycles. The van der Waals surface area contributed by atoms with Gasteiger partial charge in [-0.15, -0.1) is 23.1 Å². The zero-order valence-electron chi connectivity index (χ0n) is 19.4. The normalized spacial score (nSPS) is 11.6. The van der Waals surface area contributed by atoms with Crippen molar-refractivity contribution >= 4 is 56.4 Å². The molecule has 3 rings (SSSR count). The molecule has 2 aromatic carbocycles. The Kier molecular flexibility index (Phi) is 7.70. The van der Waals surface area contributed by atoms with E-state index in [0.717, 1.165) is 39.3 Å². The second kappa shape index (κ2) is 10.2. The Hall–Kier alpha value is -2.88. The van der Waals surface area contributed by atoms with E-state index >= 15 is 0 Å². The molecular formula is C25H26N2O4S3. The summed E-state index contributed by atoms with van der Waals surface area (Å²) in [4.78, 5) is 13.8. The summed E-state index contributed by atoms with van der Waals surface area (Å²) in [5, 5.41) is 7.99. The van der Waals surface area contributed by atoms with E-state index in [1.807, 2.05) is 30.3 Å². The number of thiophene rings is 1. The van der Waals surface area contributed by atoms with Crippen LogP contribution in [0.2, 0.25) is 0 Å². The van der Waals surface area contributed by atoms with Gasteiger partial charge in [0.05, 0.1) is 20.3 Å². The number of anilines is 1. The molecule has 0 spiro atoms. The summed E-state index contributed by atoms with van der Waals surface area (Å²) in [6, 6.07) is 15.8.